The summed E-state index contributed by atoms with van der Waals surface area (Å²) in [4.78, 5) is 23.2. The van der Waals surface area contributed by atoms with E-state index in [-0.39, 0.29) is 24.6 Å². The zero-order chi connectivity index (χ0) is 24.5. The predicted molar refractivity (Wildman–Crippen MR) is 131 cm³/mol. The average Bonchev–Trinajstić information content (AvgIpc) is 2.84. The molecule has 1 amide bonds. The van der Waals surface area contributed by atoms with E-state index in [1.165, 1.54) is 31.0 Å². The Morgan fingerprint density at radius 1 is 1.03 bits per heavy atom. The number of methoxy groups -OCH3 is 1. The summed E-state index contributed by atoms with van der Waals surface area (Å²) in [7, 11) is 1.53. The molecule has 3 rings (SSSR count). The van der Waals surface area contributed by atoms with Gasteiger partial charge in [0.2, 0.25) is 0 Å². The normalized spacial score (nSPS) is 10.7. The number of carboxylic acids is 1. The molecule has 3 N–H and O–H groups in total. The van der Waals surface area contributed by atoms with Crippen LogP contribution in [0.3, 0.4) is 0 Å². The number of aromatic carboxylic acids is 1. The van der Waals surface area contributed by atoms with Gasteiger partial charge in [-0.15, -0.1) is 0 Å². The fourth-order valence-electron chi connectivity index (χ4n) is 3.10. The number of carbonyl (C=O) groups excluding carboxylic acids is 1. The van der Waals surface area contributed by atoms with E-state index in [0.717, 1.165) is 16.8 Å². The van der Waals surface area contributed by atoms with Crippen molar-refractivity contribution in [3.8, 4) is 11.5 Å². The Kier molecular flexibility index (Phi) is 8.23. The molecule has 0 atom stereocenters. The highest BCUT2D eigenvalue weighted by Gasteiger charge is 2.11. The van der Waals surface area contributed by atoms with Crippen molar-refractivity contribution < 1.29 is 24.2 Å². The average molecular weight is 462 g/mol. The maximum atomic E-state index is 12.2. The van der Waals surface area contributed by atoms with E-state index in [4.69, 9.17) is 14.6 Å². The maximum Gasteiger partial charge on any atom is 0.335 e. The highest BCUT2D eigenvalue weighted by molar-refractivity contribution is 5.88. The minimum Gasteiger partial charge on any atom is -0.493 e. The Morgan fingerprint density at radius 2 is 1.79 bits per heavy atom. The lowest BCUT2D eigenvalue weighted by molar-refractivity contribution is -0.119. The molecule has 0 radical (unpaired) electrons. The van der Waals surface area contributed by atoms with E-state index in [0.29, 0.717) is 17.1 Å². The molecule has 0 spiro atoms. The molecule has 0 unspecified atom stereocenters. The Morgan fingerprint density at radius 3 is 2.47 bits per heavy atom. The Labute approximate surface area is 198 Å². The van der Waals surface area contributed by atoms with Gasteiger partial charge in [-0.05, 0) is 66.9 Å². The predicted octanol–water partition coefficient (Wildman–Crippen LogP) is 4.15. The van der Waals surface area contributed by atoms with Crippen LogP contribution in [0.2, 0.25) is 0 Å². The molecule has 8 nitrogen and oxygen atoms in total. The molecule has 0 bridgehead atoms. The minimum absolute atomic E-state index is 0.0770. The van der Waals surface area contributed by atoms with E-state index in [2.05, 4.69) is 15.8 Å². The number of nitrogens with one attached hydrogen (secondary N) is 2. The standard InChI is InChI=1S/C26H27N3O5/c1-17-7-12-22(13-18(17)2)27-15-24(30)29-28-14-21-5-4-6-23(33-3)25(21)34-16-19-8-10-20(11-9-19)26(31)32/h4-14,27H,15-16H2,1-3H3,(H,29,30)(H,31,32)/b28-14-. The lowest BCUT2D eigenvalue weighted by Gasteiger charge is -2.13. The number of aryl methyl sites for hydroxylation is 2. The van der Waals surface area contributed by atoms with Gasteiger partial charge in [0.1, 0.15) is 6.61 Å². The Hall–Kier alpha value is -4.33. The lowest BCUT2D eigenvalue weighted by atomic mass is 10.1. The van der Waals surface area contributed by atoms with Gasteiger partial charge in [0.05, 0.1) is 25.4 Å². The summed E-state index contributed by atoms with van der Waals surface area (Å²) in [6.07, 6.45) is 1.49. The second kappa shape index (κ2) is 11.5. The van der Waals surface area contributed by atoms with Crippen molar-refractivity contribution in [1.82, 2.24) is 5.43 Å². The first-order chi connectivity index (χ1) is 16.4. The van der Waals surface area contributed by atoms with Crippen LogP contribution in [-0.2, 0) is 11.4 Å². The van der Waals surface area contributed by atoms with Gasteiger partial charge in [0.15, 0.2) is 11.5 Å². The SMILES string of the molecule is COc1cccc(/C=N\NC(=O)CNc2ccc(C)c(C)c2)c1OCc1ccc(C(=O)O)cc1. The number of anilines is 1. The van der Waals surface area contributed by atoms with Crippen LogP contribution in [0.1, 0.15) is 32.6 Å². The van der Waals surface area contributed by atoms with Crippen LogP contribution < -0.4 is 20.2 Å². The number of nitrogens with zero attached hydrogens (tertiary/aromatic N) is 1. The van der Waals surface area contributed by atoms with E-state index in [1.807, 2.05) is 32.0 Å². The molecule has 0 heterocycles. The third kappa shape index (κ3) is 6.59. The molecular weight excluding hydrogens is 434 g/mol. The number of carboxylic acid groups (broad SMARTS) is 1. The number of hydrazone groups is 1. The lowest BCUT2D eigenvalue weighted by Crippen LogP contribution is -2.25. The smallest absolute Gasteiger partial charge is 0.335 e. The fourth-order valence-corrected chi connectivity index (χ4v) is 3.10. The van der Waals surface area contributed by atoms with Crippen LogP contribution in [0.25, 0.3) is 0 Å². The number of hydrogen-bond acceptors (Lipinski definition) is 6. The molecule has 0 aliphatic heterocycles. The van der Waals surface area contributed by atoms with Crippen molar-refractivity contribution in [3.05, 3.63) is 88.5 Å². The van der Waals surface area contributed by atoms with Crippen LogP contribution in [0, 0.1) is 13.8 Å². The molecule has 0 fully saturated rings. The van der Waals surface area contributed by atoms with Gasteiger partial charge in [0.25, 0.3) is 5.91 Å². The summed E-state index contributed by atoms with van der Waals surface area (Å²) in [6, 6.07) is 17.7. The number of rotatable bonds is 10. The van der Waals surface area contributed by atoms with Crippen LogP contribution in [0.4, 0.5) is 5.69 Å². The van der Waals surface area contributed by atoms with Crippen LogP contribution in [-0.4, -0.2) is 36.9 Å². The molecule has 0 saturated carbocycles. The summed E-state index contributed by atoms with van der Waals surface area (Å²) in [5.74, 6) is -0.312. The third-order valence-corrected chi connectivity index (χ3v) is 5.17. The summed E-state index contributed by atoms with van der Waals surface area (Å²) in [6.45, 7) is 4.33. The monoisotopic (exact) mass is 461 g/mol. The van der Waals surface area contributed by atoms with Gasteiger partial charge in [0, 0.05) is 11.3 Å². The molecule has 0 aliphatic carbocycles. The van der Waals surface area contributed by atoms with Crippen molar-refractivity contribution in [1.29, 1.82) is 0 Å². The van der Waals surface area contributed by atoms with Gasteiger partial charge in [-0.1, -0.05) is 24.3 Å². The third-order valence-electron chi connectivity index (χ3n) is 5.17. The minimum atomic E-state index is -0.984. The first-order valence-electron chi connectivity index (χ1n) is 10.6. The van der Waals surface area contributed by atoms with Crippen LogP contribution >= 0.6 is 0 Å². The van der Waals surface area contributed by atoms with Gasteiger partial charge >= 0.3 is 5.97 Å². The van der Waals surface area contributed by atoms with E-state index < -0.39 is 5.97 Å². The van der Waals surface area contributed by atoms with Crippen molar-refractivity contribution >= 4 is 23.8 Å². The quantitative estimate of drug-likeness (QED) is 0.309. The second-order valence-electron chi connectivity index (χ2n) is 7.62. The molecule has 8 heteroatoms. The van der Waals surface area contributed by atoms with Crippen LogP contribution in [0.5, 0.6) is 11.5 Å². The van der Waals surface area contributed by atoms with E-state index in [9.17, 15) is 9.59 Å². The number of para-hydroxylation sites is 1. The largest absolute Gasteiger partial charge is 0.493 e. The molecular formula is C26H27N3O5. The number of amides is 1. The van der Waals surface area contributed by atoms with Gasteiger partial charge < -0.3 is 19.9 Å². The molecule has 3 aromatic carbocycles. The number of carbonyl (C=O) groups is 2. The maximum absolute atomic E-state index is 12.2. The number of hydrogen-bond donors (Lipinski definition) is 3. The number of benzene rings is 3. The highest BCUT2D eigenvalue weighted by Crippen LogP contribution is 2.30. The van der Waals surface area contributed by atoms with Crippen molar-refractivity contribution in [2.24, 2.45) is 5.10 Å². The molecule has 3 aromatic rings. The molecule has 34 heavy (non-hydrogen) atoms. The summed E-state index contributed by atoms with van der Waals surface area (Å²) >= 11 is 0. The van der Waals surface area contributed by atoms with Gasteiger partial charge in [-0.25, -0.2) is 10.2 Å². The van der Waals surface area contributed by atoms with Gasteiger partial charge in [-0.2, -0.15) is 5.10 Å². The van der Waals surface area contributed by atoms with E-state index >= 15 is 0 Å². The fraction of sp³-hybridized carbons (Fsp3) is 0.192. The zero-order valence-corrected chi connectivity index (χ0v) is 19.3. The van der Waals surface area contributed by atoms with Crippen molar-refractivity contribution in [2.75, 3.05) is 19.0 Å². The second-order valence-corrected chi connectivity index (χ2v) is 7.62. The first-order valence-corrected chi connectivity index (χ1v) is 10.6. The Bertz CT molecular complexity index is 1190. The van der Waals surface area contributed by atoms with Crippen molar-refractivity contribution in [2.45, 2.75) is 20.5 Å². The highest BCUT2D eigenvalue weighted by atomic mass is 16.5. The molecule has 176 valence electrons. The summed E-state index contributed by atoms with van der Waals surface area (Å²) in [5, 5.41) is 16.1. The molecule has 0 aromatic heterocycles. The summed E-state index contributed by atoms with van der Waals surface area (Å²) < 4.78 is 11.3. The number of ether oxygens (including phenoxy) is 2. The zero-order valence-electron chi connectivity index (χ0n) is 19.3. The van der Waals surface area contributed by atoms with Gasteiger partial charge in [-0.3, -0.25) is 4.79 Å². The summed E-state index contributed by atoms with van der Waals surface area (Å²) in [5.41, 5.74) is 7.31. The van der Waals surface area contributed by atoms with Crippen LogP contribution in [0.15, 0.2) is 65.8 Å². The molecule has 0 aliphatic rings. The first kappa shape index (κ1) is 24.3. The topological polar surface area (TPSA) is 109 Å². The van der Waals surface area contributed by atoms with Crippen molar-refractivity contribution in [3.63, 3.8) is 0 Å². The Balaban J connectivity index is 1.61. The molecule has 0 saturated heterocycles. The van der Waals surface area contributed by atoms with E-state index in [1.54, 1.807) is 30.3 Å².